The molecule has 1 unspecified atom stereocenters. The number of hydrogen-bond acceptors (Lipinski definition) is 6. The SMILES string of the molecule is NC(=O)c1nnc2[nH]ccc2c1Nc1cccc2c1OC2c1ccccn1. The molecule has 8 heteroatoms. The number of benzene rings is 1. The zero-order chi connectivity index (χ0) is 18.4. The number of amides is 1. The lowest BCUT2D eigenvalue weighted by Crippen LogP contribution is -2.22. The van der Waals surface area contributed by atoms with Crippen molar-refractivity contribution in [3.63, 3.8) is 0 Å². The Morgan fingerprint density at radius 1 is 1.15 bits per heavy atom. The topological polar surface area (TPSA) is 119 Å². The fourth-order valence-corrected chi connectivity index (χ4v) is 3.22. The van der Waals surface area contributed by atoms with Gasteiger partial charge in [-0.05, 0) is 24.3 Å². The van der Waals surface area contributed by atoms with E-state index in [0.717, 1.165) is 22.3 Å². The molecule has 1 amide bonds. The van der Waals surface area contributed by atoms with Gasteiger partial charge in [0, 0.05) is 23.3 Å². The number of pyridine rings is 1. The number of ether oxygens (including phenoxy) is 1. The number of hydrogen-bond donors (Lipinski definition) is 3. The van der Waals surface area contributed by atoms with Crippen molar-refractivity contribution in [2.75, 3.05) is 5.32 Å². The van der Waals surface area contributed by atoms with Crippen molar-refractivity contribution in [1.29, 1.82) is 0 Å². The minimum absolute atomic E-state index is 0.0697. The van der Waals surface area contributed by atoms with E-state index in [1.807, 2.05) is 42.5 Å². The van der Waals surface area contributed by atoms with Crippen LogP contribution in [-0.4, -0.2) is 26.1 Å². The van der Waals surface area contributed by atoms with Gasteiger partial charge in [0.1, 0.15) is 0 Å². The summed E-state index contributed by atoms with van der Waals surface area (Å²) in [6.45, 7) is 0. The largest absolute Gasteiger partial charge is 0.477 e. The molecular formula is C19H14N6O2. The van der Waals surface area contributed by atoms with Gasteiger partial charge in [0.15, 0.2) is 23.2 Å². The normalized spacial score (nSPS) is 14.9. The Morgan fingerprint density at radius 2 is 2.07 bits per heavy atom. The maximum atomic E-state index is 11.8. The van der Waals surface area contributed by atoms with Gasteiger partial charge in [-0.15, -0.1) is 10.2 Å². The number of carbonyl (C=O) groups excluding carboxylic acids is 1. The van der Waals surface area contributed by atoms with E-state index < -0.39 is 5.91 Å². The molecule has 1 aromatic carbocycles. The molecule has 8 nitrogen and oxygen atoms in total. The molecule has 132 valence electrons. The number of nitrogens with two attached hydrogens (primary N) is 1. The number of para-hydroxylation sites is 1. The van der Waals surface area contributed by atoms with E-state index >= 15 is 0 Å². The van der Waals surface area contributed by atoms with Crippen molar-refractivity contribution >= 4 is 28.3 Å². The van der Waals surface area contributed by atoms with Crippen molar-refractivity contribution in [1.82, 2.24) is 20.2 Å². The van der Waals surface area contributed by atoms with Crippen LogP contribution in [0.25, 0.3) is 11.0 Å². The van der Waals surface area contributed by atoms with Crippen molar-refractivity contribution in [2.45, 2.75) is 6.10 Å². The molecule has 27 heavy (non-hydrogen) atoms. The van der Waals surface area contributed by atoms with Gasteiger partial charge in [-0.25, -0.2) is 0 Å². The molecule has 4 N–H and O–H groups in total. The fourth-order valence-electron chi connectivity index (χ4n) is 3.22. The van der Waals surface area contributed by atoms with Gasteiger partial charge < -0.3 is 20.8 Å². The lowest BCUT2D eigenvalue weighted by Gasteiger charge is -2.32. The molecule has 1 atom stereocenters. The number of fused-ring (bicyclic) bond motifs is 2. The van der Waals surface area contributed by atoms with Crippen LogP contribution in [0.5, 0.6) is 5.75 Å². The molecule has 0 aliphatic carbocycles. The Balaban J connectivity index is 1.56. The average Bonchev–Trinajstić information content (AvgIpc) is 3.13. The number of nitrogens with zero attached hydrogens (tertiary/aromatic N) is 3. The fraction of sp³-hybridized carbons (Fsp3) is 0.0526. The van der Waals surface area contributed by atoms with Crippen LogP contribution in [0.4, 0.5) is 11.4 Å². The van der Waals surface area contributed by atoms with E-state index in [4.69, 9.17) is 10.5 Å². The zero-order valence-electron chi connectivity index (χ0n) is 14.0. The average molecular weight is 358 g/mol. The lowest BCUT2D eigenvalue weighted by molar-refractivity contribution is 0.0995. The number of nitrogens with one attached hydrogen (secondary N) is 2. The van der Waals surface area contributed by atoms with Gasteiger partial charge in [-0.1, -0.05) is 18.2 Å². The Kier molecular flexibility index (Phi) is 3.29. The molecule has 5 rings (SSSR count). The van der Waals surface area contributed by atoms with Crippen LogP contribution in [0.1, 0.15) is 27.8 Å². The van der Waals surface area contributed by atoms with Gasteiger partial charge in [-0.2, -0.15) is 0 Å². The number of aromatic nitrogens is 4. The summed E-state index contributed by atoms with van der Waals surface area (Å²) < 4.78 is 5.98. The first-order chi connectivity index (χ1) is 13.2. The highest BCUT2D eigenvalue weighted by Gasteiger charge is 2.33. The van der Waals surface area contributed by atoms with Gasteiger partial charge in [0.05, 0.1) is 17.1 Å². The number of anilines is 2. The Bertz CT molecular complexity index is 1170. The summed E-state index contributed by atoms with van der Waals surface area (Å²) in [4.78, 5) is 19.1. The van der Waals surface area contributed by atoms with Crippen LogP contribution < -0.4 is 15.8 Å². The summed E-state index contributed by atoms with van der Waals surface area (Å²) in [6.07, 6.45) is 3.26. The predicted molar refractivity (Wildman–Crippen MR) is 98.8 cm³/mol. The van der Waals surface area contributed by atoms with Crippen molar-refractivity contribution in [3.05, 3.63) is 71.8 Å². The molecule has 4 heterocycles. The zero-order valence-corrected chi connectivity index (χ0v) is 14.0. The molecule has 3 aromatic heterocycles. The van der Waals surface area contributed by atoms with Crippen molar-refractivity contribution in [3.8, 4) is 5.75 Å². The summed E-state index contributed by atoms with van der Waals surface area (Å²) in [5.74, 6) is 0.0548. The van der Waals surface area contributed by atoms with E-state index in [0.29, 0.717) is 17.1 Å². The first-order valence-corrected chi connectivity index (χ1v) is 8.33. The lowest BCUT2D eigenvalue weighted by atomic mass is 9.98. The van der Waals surface area contributed by atoms with E-state index in [1.165, 1.54) is 0 Å². The minimum Gasteiger partial charge on any atom is -0.477 e. The van der Waals surface area contributed by atoms with Gasteiger partial charge in [0.2, 0.25) is 0 Å². The third-order valence-corrected chi connectivity index (χ3v) is 4.49. The van der Waals surface area contributed by atoms with Crippen LogP contribution >= 0.6 is 0 Å². The number of carbonyl (C=O) groups is 1. The summed E-state index contributed by atoms with van der Waals surface area (Å²) >= 11 is 0. The number of H-pyrrole nitrogens is 1. The van der Waals surface area contributed by atoms with E-state index in [9.17, 15) is 4.79 Å². The summed E-state index contributed by atoms with van der Waals surface area (Å²) in [6, 6.07) is 13.3. The van der Waals surface area contributed by atoms with E-state index in [1.54, 1.807) is 12.4 Å². The second-order valence-electron chi connectivity index (χ2n) is 6.13. The number of primary amides is 1. The number of rotatable bonds is 4. The molecule has 0 spiro atoms. The Labute approximate surface area is 153 Å². The molecule has 0 saturated carbocycles. The second kappa shape index (κ2) is 5.80. The summed E-state index contributed by atoms with van der Waals surface area (Å²) in [5.41, 5.74) is 9.18. The van der Waals surface area contributed by atoms with Crippen LogP contribution in [0.3, 0.4) is 0 Å². The van der Waals surface area contributed by atoms with Crippen molar-refractivity contribution < 1.29 is 9.53 Å². The molecule has 1 aliphatic rings. The maximum absolute atomic E-state index is 11.8. The molecule has 0 radical (unpaired) electrons. The highest BCUT2D eigenvalue weighted by atomic mass is 16.5. The molecule has 1 aliphatic heterocycles. The first kappa shape index (κ1) is 15.3. The third-order valence-electron chi connectivity index (χ3n) is 4.49. The van der Waals surface area contributed by atoms with Crippen LogP contribution in [0, 0.1) is 0 Å². The monoisotopic (exact) mass is 358 g/mol. The standard InChI is InChI=1S/C19H14N6O2/c20-18(26)15-14(10-7-9-22-19(10)25-24-15)23-13-6-3-4-11-16(27-17(11)13)12-5-1-2-8-21-12/h1-9,16H,(H2,20,26)(H2,22,23,25). The quantitative estimate of drug-likeness (QED) is 0.516. The second-order valence-corrected chi connectivity index (χ2v) is 6.13. The molecule has 0 saturated heterocycles. The summed E-state index contributed by atoms with van der Waals surface area (Å²) in [5, 5.41) is 11.9. The van der Waals surface area contributed by atoms with Crippen LogP contribution in [0.2, 0.25) is 0 Å². The van der Waals surface area contributed by atoms with E-state index in [2.05, 4.69) is 25.5 Å². The van der Waals surface area contributed by atoms with Gasteiger partial charge in [-0.3, -0.25) is 9.78 Å². The maximum Gasteiger partial charge on any atom is 0.271 e. The first-order valence-electron chi connectivity index (χ1n) is 8.33. The van der Waals surface area contributed by atoms with Gasteiger partial charge >= 0.3 is 0 Å². The van der Waals surface area contributed by atoms with Crippen LogP contribution in [0.15, 0.2) is 54.9 Å². The Morgan fingerprint density at radius 3 is 2.89 bits per heavy atom. The predicted octanol–water partition coefficient (Wildman–Crippen LogP) is 2.68. The van der Waals surface area contributed by atoms with Gasteiger partial charge in [0.25, 0.3) is 5.91 Å². The minimum atomic E-state index is -0.657. The molecule has 0 fully saturated rings. The number of aromatic amines is 1. The molecular weight excluding hydrogens is 344 g/mol. The Hall–Kier alpha value is -3.94. The third kappa shape index (κ3) is 2.38. The van der Waals surface area contributed by atoms with Crippen molar-refractivity contribution in [2.24, 2.45) is 5.73 Å². The summed E-state index contributed by atoms with van der Waals surface area (Å²) in [7, 11) is 0. The highest BCUT2D eigenvalue weighted by Crippen LogP contribution is 2.48. The van der Waals surface area contributed by atoms with Crippen LogP contribution in [-0.2, 0) is 0 Å². The smallest absolute Gasteiger partial charge is 0.271 e. The highest BCUT2D eigenvalue weighted by molar-refractivity contribution is 6.05. The molecule has 0 bridgehead atoms. The van der Waals surface area contributed by atoms with E-state index in [-0.39, 0.29) is 11.8 Å². The molecule has 4 aromatic rings.